The Hall–Kier alpha value is -2.14. The lowest BCUT2D eigenvalue weighted by Crippen LogP contribution is -2.33. The predicted molar refractivity (Wildman–Crippen MR) is 90.0 cm³/mol. The van der Waals surface area contributed by atoms with Crippen LogP contribution >= 0.6 is 11.6 Å². The number of amides is 1. The summed E-state index contributed by atoms with van der Waals surface area (Å²) < 4.78 is 1.26. The van der Waals surface area contributed by atoms with Gasteiger partial charge in [0, 0.05) is 22.7 Å². The van der Waals surface area contributed by atoms with Crippen molar-refractivity contribution in [2.45, 2.75) is 38.6 Å². The van der Waals surface area contributed by atoms with E-state index in [0.717, 1.165) is 24.1 Å². The SMILES string of the molecule is Cc1cc(Cl)ccc1NC(=O)C(C)n1nc(C2CC2)ccc1=O. The Labute approximate surface area is 139 Å². The molecule has 0 spiro atoms. The molecule has 1 aromatic carbocycles. The van der Waals surface area contributed by atoms with E-state index in [1.165, 1.54) is 10.7 Å². The van der Waals surface area contributed by atoms with Gasteiger partial charge in [0.25, 0.3) is 5.56 Å². The molecule has 23 heavy (non-hydrogen) atoms. The molecule has 1 aliphatic carbocycles. The summed E-state index contributed by atoms with van der Waals surface area (Å²) in [4.78, 5) is 24.5. The van der Waals surface area contributed by atoms with Crippen molar-refractivity contribution < 1.29 is 4.79 Å². The number of halogens is 1. The quantitative estimate of drug-likeness (QED) is 0.935. The summed E-state index contributed by atoms with van der Waals surface area (Å²) in [5.41, 5.74) is 2.15. The smallest absolute Gasteiger partial charge is 0.267 e. The molecule has 0 radical (unpaired) electrons. The van der Waals surface area contributed by atoms with Gasteiger partial charge in [-0.25, -0.2) is 4.68 Å². The Bertz CT molecular complexity index is 812. The number of carbonyl (C=O) groups excluding carboxylic acids is 1. The van der Waals surface area contributed by atoms with E-state index < -0.39 is 6.04 Å². The van der Waals surface area contributed by atoms with Crippen LogP contribution in [0.4, 0.5) is 5.69 Å². The maximum Gasteiger partial charge on any atom is 0.267 e. The second-order valence-corrected chi connectivity index (χ2v) is 6.38. The molecule has 1 aromatic heterocycles. The van der Waals surface area contributed by atoms with Crippen molar-refractivity contribution in [3.8, 4) is 0 Å². The first-order valence-corrected chi connectivity index (χ1v) is 8.00. The topological polar surface area (TPSA) is 64.0 Å². The van der Waals surface area contributed by atoms with Crippen LogP contribution in [0, 0.1) is 6.92 Å². The number of rotatable bonds is 4. The summed E-state index contributed by atoms with van der Waals surface area (Å²) in [7, 11) is 0. The first-order valence-electron chi connectivity index (χ1n) is 7.62. The highest BCUT2D eigenvalue weighted by atomic mass is 35.5. The second-order valence-electron chi connectivity index (χ2n) is 5.94. The van der Waals surface area contributed by atoms with Gasteiger partial charge in [0.15, 0.2) is 0 Å². The second kappa shape index (κ2) is 6.16. The summed E-state index contributed by atoms with van der Waals surface area (Å²) in [6.07, 6.45) is 2.19. The summed E-state index contributed by atoms with van der Waals surface area (Å²) >= 11 is 5.92. The van der Waals surface area contributed by atoms with Crippen LogP contribution in [0.2, 0.25) is 5.02 Å². The van der Waals surface area contributed by atoms with Crippen LogP contribution in [0.15, 0.2) is 35.1 Å². The van der Waals surface area contributed by atoms with E-state index in [-0.39, 0.29) is 11.5 Å². The Kier molecular flexibility index (Phi) is 4.22. The molecule has 1 aliphatic rings. The van der Waals surface area contributed by atoms with Crippen molar-refractivity contribution in [1.29, 1.82) is 0 Å². The maximum atomic E-state index is 12.5. The maximum absolute atomic E-state index is 12.5. The van der Waals surface area contributed by atoms with Crippen molar-refractivity contribution in [3.05, 3.63) is 57.0 Å². The molecule has 1 heterocycles. The van der Waals surface area contributed by atoms with Crippen LogP contribution in [0.25, 0.3) is 0 Å². The summed E-state index contributed by atoms with van der Waals surface area (Å²) in [6, 6.07) is 7.80. The largest absolute Gasteiger partial charge is 0.324 e. The Morgan fingerprint density at radius 1 is 1.35 bits per heavy atom. The summed E-state index contributed by atoms with van der Waals surface area (Å²) in [5.74, 6) is 0.147. The molecule has 1 amide bonds. The zero-order valence-corrected chi connectivity index (χ0v) is 13.8. The van der Waals surface area contributed by atoms with E-state index in [9.17, 15) is 9.59 Å². The van der Waals surface area contributed by atoms with E-state index in [0.29, 0.717) is 16.6 Å². The fourth-order valence-corrected chi connectivity index (χ4v) is 2.66. The van der Waals surface area contributed by atoms with Crippen LogP contribution in [0.3, 0.4) is 0 Å². The summed E-state index contributed by atoms with van der Waals surface area (Å²) in [5, 5.41) is 7.80. The van der Waals surface area contributed by atoms with Gasteiger partial charge in [-0.2, -0.15) is 5.10 Å². The van der Waals surface area contributed by atoms with E-state index in [1.807, 2.05) is 6.92 Å². The number of hydrogen-bond donors (Lipinski definition) is 1. The number of carbonyl (C=O) groups is 1. The molecular weight excluding hydrogens is 314 g/mol. The minimum Gasteiger partial charge on any atom is -0.324 e. The zero-order chi connectivity index (χ0) is 16.6. The predicted octanol–water partition coefficient (Wildman–Crippen LogP) is 3.28. The Morgan fingerprint density at radius 3 is 2.74 bits per heavy atom. The van der Waals surface area contributed by atoms with Crippen LogP contribution in [-0.2, 0) is 4.79 Å². The number of aryl methyl sites for hydroxylation is 1. The molecule has 5 nitrogen and oxygen atoms in total. The van der Waals surface area contributed by atoms with Gasteiger partial charge in [0.1, 0.15) is 6.04 Å². The van der Waals surface area contributed by atoms with E-state index in [1.54, 1.807) is 31.2 Å². The van der Waals surface area contributed by atoms with Gasteiger partial charge in [-0.15, -0.1) is 0 Å². The van der Waals surface area contributed by atoms with Crippen molar-refractivity contribution in [3.63, 3.8) is 0 Å². The molecular formula is C17H18ClN3O2. The third kappa shape index (κ3) is 3.45. The molecule has 1 atom stereocenters. The van der Waals surface area contributed by atoms with E-state index in [2.05, 4.69) is 10.4 Å². The highest BCUT2D eigenvalue weighted by molar-refractivity contribution is 6.30. The van der Waals surface area contributed by atoms with Crippen LogP contribution in [0.5, 0.6) is 0 Å². The van der Waals surface area contributed by atoms with Gasteiger partial charge in [0.2, 0.25) is 5.91 Å². The van der Waals surface area contributed by atoms with Gasteiger partial charge in [-0.05, 0) is 56.5 Å². The number of benzene rings is 1. The highest BCUT2D eigenvalue weighted by Gasteiger charge is 2.27. The number of aromatic nitrogens is 2. The van der Waals surface area contributed by atoms with Crippen molar-refractivity contribution in [2.24, 2.45) is 0 Å². The number of nitrogens with one attached hydrogen (secondary N) is 1. The molecule has 1 fully saturated rings. The molecule has 1 unspecified atom stereocenters. The average Bonchev–Trinajstić information content (AvgIpc) is 3.34. The molecule has 0 aliphatic heterocycles. The fraction of sp³-hybridized carbons (Fsp3) is 0.353. The normalized spacial score (nSPS) is 15.3. The van der Waals surface area contributed by atoms with E-state index >= 15 is 0 Å². The standard InChI is InChI=1S/C17H18ClN3O2/c1-10-9-13(18)5-6-14(10)19-17(23)11(2)21-16(22)8-7-15(20-21)12-3-4-12/h5-9,11-12H,3-4H2,1-2H3,(H,19,23). The summed E-state index contributed by atoms with van der Waals surface area (Å²) in [6.45, 7) is 3.54. The van der Waals surface area contributed by atoms with Gasteiger partial charge in [-0.1, -0.05) is 11.6 Å². The van der Waals surface area contributed by atoms with Gasteiger partial charge in [-0.3, -0.25) is 9.59 Å². The molecule has 1 N–H and O–H groups in total. The lowest BCUT2D eigenvalue weighted by molar-refractivity contribution is -0.119. The lowest BCUT2D eigenvalue weighted by Gasteiger charge is -2.16. The fourth-order valence-electron chi connectivity index (χ4n) is 2.43. The molecule has 1 saturated carbocycles. The third-order valence-electron chi connectivity index (χ3n) is 4.03. The molecule has 0 bridgehead atoms. The average molecular weight is 332 g/mol. The molecule has 0 saturated heterocycles. The van der Waals surface area contributed by atoms with E-state index in [4.69, 9.17) is 11.6 Å². The molecule has 3 rings (SSSR count). The lowest BCUT2D eigenvalue weighted by atomic mass is 10.2. The Balaban J connectivity index is 1.82. The van der Waals surface area contributed by atoms with Crippen LogP contribution in [0.1, 0.15) is 43.0 Å². The minimum absolute atomic E-state index is 0.273. The number of anilines is 1. The first-order chi connectivity index (χ1) is 11.0. The van der Waals surface area contributed by atoms with Crippen LogP contribution < -0.4 is 10.9 Å². The van der Waals surface area contributed by atoms with Gasteiger partial charge < -0.3 is 5.32 Å². The van der Waals surface area contributed by atoms with Crippen molar-refractivity contribution >= 4 is 23.2 Å². The van der Waals surface area contributed by atoms with Gasteiger partial charge >= 0.3 is 0 Å². The number of hydrogen-bond acceptors (Lipinski definition) is 3. The molecule has 2 aromatic rings. The first kappa shape index (κ1) is 15.7. The number of nitrogens with zero attached hydrogens (tertiary/aromatic N) is 2. The molecule has 6 heteroatoms. The van der Waals surface area contributed by atoms with Crippen LogP contribution in [-0.4, -0.2) is 15.7 Å². The monoisotopic (exact) mass is 331 g/mol. The van der Waals surface area contributed by atoms with Crippen molar-refractivity contribution in [1.82, 2.24) is 9.78 Å². The highest BCUT2D eigenvalue weighted by Crippen LogP contribution is 2.38. The van der Waals surface area contributed by atoms with Crippen molar-refractivity contribution in [2.75, 3.05) is 5.32 Å². The minimum atomic E-state index is -0.684. The Morgan fingerprint density at radius 2 is 2.09 bits per heavy atom. The van der Waals surface area contributed by atoms with Gasteiger partial charge in [0.05, 0.1) is 5.69 Å². The molecule has 120 valence electrons. The third-order valence-corrected chi connectivity index (χ3v) is 4.27. The zero-order valence-electron chi connectivity index (χ0n) is 13.0.